The first-order chi connectivity index (χ1) is 13.5. The van der Waals surface area contributed by atoms with Crippen molar-refractivity contribution in [2.75, 3.05) is 5.73 Å². The van der Waals surface area contributed by atoms with E-state index >= 15 is 0 Å². The summed E-state index contributed by atoms with van der Waals surface area (Å²) in [5.41, 5.74) is 7.24. The number of anilines is 1. The molecule has 3 N–H and O–H groups in total. The summed E-state index contributed by atoms with van der Waals surface area (Å²) in [5.74, 6) is 0.0741. The maximum atomic E-state index is 12.5. The van der Waals surface area contributed by atoms with Crippen LogP contribution in [0.1, 0.15) is 31.5 Å². The lowest BCUT2D eigenvalue weighted by Gasteiger charge is -2.12. The van der Waals surface area contributed by atoms with Crippen LogP contribution in [0.25, 0.3) is 21.9 Å². The fourth-order valence-electron chi connectivity index (χ4n) is 3.22. The Bertz CT molecular complexity index is 1230. The van der Waals surface area contributed by atoms with E-state index < -0.39 is 6.08 Å². The number of H-pyrrole nitrogens is 1. The van der Waals surface area contributed by atoms with E-state index in [-0.39, 0.29) is 17.0 Å². The van der Waals surface area contributed by atoms with E-state index in [4.69, 9.17) is 17.3 Å². The van der Waals surface area contributed by atoms with Gasteiger partial charge in [-0.15, -0.1) is 0 Å². The van der Waals surface area contributed by atoms with Gasteiger partial charge in [-0.2, -0.15) is 14.4 Å². The number of hydrogen-bond acceptors (Lipinski definition) is 5. The number of aromatic nitrogens is 5. The molecule has 3 aromatic heterocycles. The van der Waals surface area contributed by atoms with E-state index in [2.05, 4.69) is 32.9 Å². The predicted octanol–water partition coefficient (Wildman–Crippen LogP) is 3.63. The molecular weight excluding hydrogens is 383 g/mol. The van der Waals surface area contributed by atoms with Crippen LogP contribution in [-0.2, 0) is 6.42 Å². The Hall–Kier alpha value is -3.00. The molecule has 28 heavy (non-hydrogen) atoms. The average molecular weight is 401 g/mol. The third kappa shape index (κ3) is 3.31. The number of pyridine rings is 1. The molecule has 9 heteroatoms. The van der Waals surface area contributed by atoms with Crippen LogP contribution >= 0.6 is 11.6 Å². The molecule has 0 spiro atoms. The zero-order chi connectivity index (χ0) is 19.8. The van der Waals surface area contributed by atoms with Crippen molar-refractivity contribution in [3.63, 3.8) is 0 Å². The van der Waals surface area contributed by atoms with Gasteiger partial charge in [-0.1, -0.05) is 30.7 Å². The molecule has 0 amide bonds. The minimum atomic E-state index is -0.859. The molecule has 1 fully saturated rings. The Morgan fingerprint density at radius 3 is 2.86 bits per heavy atom. The predicted molar refractivity (Wildman–Crippen MR) is 107 cm³/mol. The average Bonchev–Trinajstić information content (AvgIpc) is 3.38. The Morgan fingerprint density at radius 1 is 1.36 bits per heavy atom. The largest absolute Gasteiger partial charge is 0.382 e. The zero-order valence-corrected chi connectivity index (χ0v) is 15.9. The van der Waals surface area contributed by atoms with Crippen LogP contribution in [-0.4, -0.2) is 24.5 Å². The third-order valence-corrected chi connectivity index (χ3v) is 4.99. The highest BCUT2D eigenvalue weighted by molar-refractivity contribution is 6.35. The van der Waals surface area contributed by atoms with Crippen molar-refractivity contribution >= 4 is 39.4 Å². The van der Waals surface area contributed by atoms with E-state index in [1.54, 1.807) is 6.07 Å². The molecule has 0 atom stereocenters. The summed E-state index contributed by atoms with van der Waals surface area (Å²) in [6, 6.07) is 8.14. The van der Waals surface area contributed by atoms with Crippen LogP contribution in [0.15, 0.2) is 35.4 Å². The van der Waals surface area contributed by atoms with Crippen molar-refractivity contribution in [2.45, 2.75) is 32.2 Å². The number of aryl methyl sites for hydroxylation is 1. The van der Waals surface area contributed by atoms with Gasteiger partial charge in [-0.05, 0) is 36.8 Å². The topological polar surface area (TPSA) is 102 Å². The molecule has 1 aromatic carbocycles. The van der Waals surface area contributed by atoms with E-state index in [1.165, 1.54) is 6.33 Å². The Morgan fingerprint density at radius 2 is 2.14 bits per heavy atom. The minimum Gasteiger partial charge on any atom is -0.382 e. The summed E-state index contributed by atoms with van der Waals surface area (Å²) in [7, 11) is 0. The first kappa shape index (κ1) is 18.4. The molecule has 144 valence electrons. The standard InChI is InChI=1S/C14H14ClNO.C5H4FN5/c1-2-10-8-9-4-3-5-12(15)13(9)14(17)16(10)11-6-7-11;6-5-10-3(7)2-4(11-5)9-1-8-2/h3-5,8,11H,2,6-7H2,1H3;1H,(H3,7,8,9,10,11). The van der Waals surface area contributed by atoms with Gasteiger partial charge in [0.15, 0.2) is 11.5 Å². The Balaban J connectivity index is 0.000000151. The number of nitrogens with two attached hydrogens (primary N) is 1. The molecule has 0 aliphatic heterocycles. The van der Waals surface area contributed by atoms with Crippen molar-refractivity contribution in [1.29, 1.82) is 0 Å². The first-order valence-electron chi connectivity index (χ1n) is 8.94. The highest BCUT2D eigenvalue weighted by atomic mass is 35.5. The zero-order valence-electron chi connectivity index (χ0n) is 15.1. The fraction of sp³-hybridized carbons (Fsp3) is 0.263. The summed E-state index contributed by atoms with van der Waals surface area (Å²) in [6.07, 6.45) is 3.64. The second-order valence-corrected chi connectivity index (χ2v) is 6.99. The molecular formula is C19H18ClFN6O. The van der Waals surface area contributed by atoms with Crippen LogP contribution in [0.2, 0.25) is 5.02 Å². The highest BCUT2D eigenvalue weighted by Crippen LogP contribution is 2.35. The number of benzene rings is 1. The number of aromatic amines is 1. The summed E-state index contributed by atoms with van der Waals surface area (Å²) in [6.45, 7) is 2.09. The molecule has 1 aliphatic rings. The summed E-state index contributed by atoms with van der Waals surface area (Å²) in [5, 5.41) is 2.18. The lowest BCUT2D eigenvalue weighted by molar-refractivity contribution is 0.546. The van der Waals surface area contributed by atoms with Crippen molar-refractivity contribution < 1.29 is 4.39 Å². The van der Waals surface area contributed by atoms with E-state index in [0.717, 1.165) is 30.3 Å². The van der Waals surface area contributed by atoms with Gasteiger partial charge in [0, 0.05) is 11.7 Å². The van der Waals surface area contributed by atoms with Crippen molar-refractivity contribution in [3.05, 3.63) is 57.7 Å². The normalized spacial score (nSPS) is 13.5. The van der Waals surface area contributed by atoms with Gasteiger partial charge in [0.25, 0.3) is 5.56 Å². The second-order valence-electron chi connectivity index (χ2n) is 6.58. The molecule has 0 saturated heterocycles. The summed E-state index contributed by atoms with van der Waals surface area (Å²) < 4.78 is 14.4. The number of nitrogens with one attached hydrogen (secondary N) is 1. The third-order valence-electron chi connectivity index (χ3n) is 4.67. The number of hydrogen-bond donors (Lipinski definition) is 2. The number of nitrogens with zero attached hydrogens (tertiary/aromatic N) is 4. The summed E-state index contributed by atoms with van der Waals surface area (Å²) >= 11 is 6.14. The minimum absolute atomic E-state index is 0.0741. The quantitative estimate of drug-likeness (QED) is 0.500. The molecule has 1 saturated carbocycles. The van der Waals surface area contributed by atoms with Crippen LogP contribution in [0.5, 0.6) is 0 Å². The molecule has 5 rings (SSSR count). The first-order valence-corrected chi connectivity index (χ1v) is 9.32. The number of rotatable bonds is 2. The SMILES string of the molecule is CCc1cc2cccc(Cl)c2c(=O)n1C1CC1.Nc1nc(F)nc2nc[nH]c12. The number of fused-ring (bicyclic) bond motifs is 2. The smallest absolute Gasteiger partial charge is 0.312 e. The van der Waals surface area contributed by atoms with Gasteiger partial charge in [-0.3, -0.25) is 4.79 Å². The fourth-order valence-corrected chi connectivity index (χ4v) is 3.48. The lowest BCUT2D eigenvalue weighted by Crippen LogP contribution is -2.22. The van der Waals surface area contributed by atoms with Gasteiger partial charge >= 0.3 is 6.08 Å². The molecule has 0 radical (unpaired) electrons. The van der Waals surface area contributed by atoms with Gasteiger partial charge in [0.05, 0.1) is 16.7 Å². The van der Waals surface area contributed by atoms with Gasteiger partial charge < -0.3 is 15.3 Å². The molecule has 3 heterocycles. The second kappa shape index (κ2) is 7.20. The molecule has 7 nitrogen and oxygen atoms in total. The van der Waals surface area contributed by atoms with Crippen LogP contribution < -0.4 is 11.3 Å². The van der Waals surface area contributed by atoms with Gasteiger partial charge in [0.1, 0.15) is 5.52 Å². The summed E-state index contributed by atoms with van der Waals surface area (Å²) in [4.78, 5) is 25.6. The van der Waals surface area contributed by atoms with E-state index in [0.29, 0.717) is 22.0 Å². The maximum absolute atomic E-state index is 12.5. The number of halogens is 2. The number of imidazole rings is 1. The van der Waals surface area contributed by atoms with E-state index in [1.807, 2.05) is 16.7 Å². The highest BCUT2D eigenvalue weighted by Gasteiger charge is 2.27. The van der Waals surface area contributed by atoms with Crippen molar-refractivity contribution in [3.8, 4) is 0 Å². The Kier molecular flexibility index (Phi) is 4.72. The van der Waals surface area contributed by atoms with Gasteiger partial charge in [0.2, 0.25) is 0 Å². The van der Waals surface area contributed by atoms with Gasteiger partial charge in [-0.25, -0.2) is 4.98 Å². The molecule has 0 unspecified atom stereocenters. The van der Waals surface area contributed by atoms with Crippen molar-refractivity contribution in [2.24, 2.45) is 0 Å². The lowest BCUT2D eigenvalue weighted by atomic mass is 10.1. The molecule has 4 aromatic rings. The maximum Gasteiger partial charge on any atom is 0.312 e. The Labute approximate surface area is 164 Å². The number of nitrogen functional groups attached to an aromatic ring is 1. The monoisotopic (exact) mass is 400 g/mol. The van der Waals surface area contributed by atoms with E-state index in [9.17, 15) is 9.18 Å². The molecule has 0 bridgehead atoms. The van der Waals surface area contributed by atoms with Crippen LogP contribution in [0.3, 0.4) is 0 Å². The molecule has 1 aliphatic carbocycles. The van der Waals surface area contributed by atoms with Crippen LogP contribution in [0.4, 0.5) is 10.2 Å². The van der Waals surface area contributed by atoms with Crippen LogP contribution in [0, 0.1) is 6.08 Å². The van der Waals surface area contributed by atoms with Crippen molar-refractivity contribution in [1.82, 2.24) is 24.5 Å².